The number of hydrogen-bond acceptors (Lipinski definition) is 4. The molecule has 1 aliphatic rings. The van der Waals surface area contributed by atoms with E-state index in [0.717, 1.165) is 22.9 Å². The molecule has 2 heterocycles. The lowest BCUT2D eigenvalue weighted by molar-refractivity contribution is -0.140. The molecule has 4 rings (SSSR count). The molecule has 1 atom stereocenters. The number of para-hydroxylation sites is 1. The number of rotatable bonds is 3. The van der Waals surface area contributed by atoms with Gasteiger partial charge in [0.05, 0.1) is 0 Å². The van der Waals surface area contributed by atoms with Gasteiger partial charge in [0.1, 0.15) is 5.58 Å². The number of nitrogens with zero attached hydrogens (tertiary/aromatic N) is 1. The Morgan fingerprint density at radius 1 is 1.07 bits per heavy atom. The molecule has 0 fully saturated rings. The Morgan fingerprint density at radius 2 is 1.78 bits per heavy atom. The van der Waals surface area contributed by atoms with Gasteiger partial charge in [-0.2, -0.15) is 0 Å². The highest BCUT2D eigenvalue weighted by atomic mass is 16.6. The second-order valence-corrected chi connectivity index (χ2v) is 6.88. The third-order valence-electron chi connectivity index (χ3n) is 5.10. The van der Waals surface area contributed by atoms with Crippen molar-refractivity contribution in [3.05, 3.63) is 71.0 Å². The van der Waals surface area contributed by atoms with Gasteiger partial charge in [-0.25, -0.2) is 4.79 Å². The van der Waals surface area contributed by atoms with Crippen LogP contribution in [0.1, 0.15) is 34.2 Å². The SMILES string of the molecule is Cc1c(C(=O)O[C@H](C)C(=O)N2CCc3ccccc3C2)oc2ccccc12. The van der Waals surface area contributed by atoms with Crippen LogP contribution in [0.15, 0.2) is 52.9 Å². The zero-order chi connectivity index (χ0) is 19.0. The predicted octanol–water partition coefficient (Wildman–Crippen LogP) is 3.87. The Kier molecular flexibility index (Phi) is 4.44. The van der Waals surface area contributed by atoms with Gasteiger partial charge >= 0.3 is 5.97 Å². The predicted molar refractivity (Wildman–Crippen MR) is 101 cm³/mol. The molecule has 5 heteroatoms. The van der Waals surface area contributed by atoms with E-state index in [1.165, 1.54) is 5.56 Å². The lowest BCUT2D eigenvalue weighted by atomic mass is 9.99. The lowest BCUT2D eigenvalue weighted by Crippen LogP contribution is -2.42. The monoisotopic (exact) mass is 363 g/mol. The van der Waals surface area contributed by atoms with Crippen molar-refractivity contribution in [1.82, 2.24) is 4.90 Å². The lowest BCUT2D eigenvalue weighted by Gasteiger charge is -2.30. The number of hydrogen-bond donors (Lipinski definition) is 0. The highest BCUT2D eigenvalue weighted by Crippen LogP contribution is 2.26. The molecule has 0 saturated carbocycles. The van der Waals surface area contributed by atoms with E-state index >= 15 is 0 Å². The molecule has 0 unspecified atom stereocenters. The van der Waals surface area contributed by atoms with E-state index in [1.807, 2.05) is 43.3 Å². The molecule has 5 nitrogen and oxygen atoms in total. The maximum absolute atomic E-state index is 12.7. The van der Waals surface area contributed by atoms with E-state index in [0.29, 0.717) is 18.7 Å². The molecule has 3 aromatic rings. The quantitative estimate of drug-likeness (QED) is 0.663. The molecule has 0 radical (unpaired) electrons. The standard InChI is InChI=1S/C22H21NO4/c1-14-18-9-5-6-10-19(18)27-20(14)22(25)26-15(2)21(24)23-12-11-16-7-3-4-8-17(16)13-23/h3-10,15H,11-13H2,1-2H3/t15-/m1/s1. The maximum Gasteiger partial charge on any atom is 0.375 e. The van der Waals surface area contributed by atoms with Crippen LogP contribution >= 0.6 is 0 Å². The minimum absolute atomic E-state index is 0.153. The molecular formula is C22H21NO4. The van der Waals surface area contributed by atoms with E-state index in [-0.39, 0.29) is 11.7 Å². The summed E-state index contributed by atoms with van der Waals surface area (Å²) in [5.74, 6) is -0.645. The van der Waals surface area contributed by atoms with Crippen molar-refractivity contribution < 1.29 is 18.7 Å². The van der Waals surface area contributed by atoms with Crippen LogP contribution in [-0.4, -0.2) is 29.4 Å². The molecule has 1 aliphatic heterocycles. The fraction of sp³-hybridized carbons (Fsp3) is 0.273. The van der Waals surface area contributed by atoms with E-state index in [2.05, 4.69) is 6.07 Å². The van der Waals surface area contributed by atoms with Gasteiger partial charge in [-0.1, -0.05) is 42.5 Å². The van der Waals surface area contributed by atoms with Gasteiger partial charge in [0.25, 0.3) is 5.91 Å². The minimum atomic E-state index is -0.865. The van der Waals surface area contributed by atoms with Gasteiger partial charge in [-0.3, -0.25) is 4.79 Å². The third kappa shape index (κ3) is 3.21. The molecule has 2 aromatic carbocycles. The Hall–Kier alpha value is -3.08. The van der Waals surface area contributed by atoms with Gasteiger partial charge < -0.3 is 14.1 Å². The number of carbonyl (C=O) groups is 2. The second kappa shape index (κ2) is 6.91. The number of amides is 1. The van der Waals surface area contributed by atoms with Gasteiger partial charge in [0.15, 0.2) is 6.10 Å². The second-order valence-electron chi connectivity index (χ2n) is 6.88. The smallest absolute Gasteiger partial charge is 0.375 e. The van der Waals surface area contributed by atoms with E-state index < -0.39 is 12.1 Å². The normalized spacial score (nSPS) is 14.7. The maximum atomic E-state index is 12.7. The molecule has 0 N–H and O–H groups in total. The summed E-state index contributed by atoms with van der Waals surface area (Å²) in [5.41, 5.74) is 3.77. The summed E-state index contributed by atoms with van der Waals surface area (Å²) in [7, 11) is 0. The van der Waals surface area contributed by atoms with Crippen molar-refractivity contribution in [2.75, 3.05) is 6.54 Å². The topological polar surface area (TPSA) is 59.8 Å². The number of benzene rings is 2. The van der Waals surface area contributed by atoms with E-state index in [9.17, 15) is 9.59 Å². The van der Waals surface area contributed by atoms with E-state index in [1.54, 1.807) is 17.9 Å². The highest BCUT2D eigenvalue weighted by molar-refractivity contribution is 5.97. The summed E-state index contributed by atoms with van der Waals surface area (Å²) >= 11 is 0. The number of esters is 1. The van der Waals surface area contributed by atoms with Gasteiger partial charge in [-0.15, -0.1) is 0 Å². The van der Waals surface area contributed by atoms with Gasteiger partial charge in [0, 0.05) is 24.0 Å². The van der Waals surface area contributed by atoms with Crippen molar-refractivity contribution in [1.29, 1.82) is 0 Å². The highest BCUT2D eigenvalue weighted by Gasteiger charge is 2.29. The number of aryl methyl sites for hydroxylation is 1. The summed E-state index contributed by atoms with van der Waals surface area (Å²) < 4.78 is 11.1. The van der Waals surface area contributed by atoms with Gasteiger partial charge in [0.2, 0.25) is 5.76 Å². The van der Waals surface area contributed by atoms with Crippen LogP contribution in [0.25, 0.3) is 11.0 Å². The fourth-order valence-electron chi connectivity index (χ4n) is 3.57. The zero-order valence-corrected chi connectivity index (χ0v) is 15.4. The molecule has 0 aliphatic carbocycles. The number of furan rings is 1. The molecule has 138 valence electrons. The summed E-state index contributed by atoms with van der Waals surface area (Å²) in [4.78, 5) is 27.0. The van der Waals surface area contributed by atoms with Crippen LogP contribution < -0.4 is 0 Å². The van der Waals surface area contributed by atoms with Crippen molar-refractivity contribution in [3.8, 4) is 0 Å². The molecule has 1 amide bonds. The zero-order valence-electron chi connectivity index (χ0n) is 15.4. The Balaban J connectivity index is 1.47. The Labute approximate surface area is 157 Å². The summed E-state index contributed by atoms with van der Waals surface area (Å²) in [5, 5.41) is 0.871. The number of ether oxygens (including phenoxy) is 1. The first kappa shape index (κ1) is 17.3. The molecular weight excluding hydrogens is 342 g/mol. The Bertz CT molecular complexity index is 1020. The molecule has 27 heavy (non-hydrogen) atoms. The largest absolute Gasteiger partial charge is 0.449 e. The van der Waals surface area contributed by atoms with Crippen LogP contribution in [0.2, 0.25) is 0 Å². The van der Waals surface area contributed by atoms with Crippen molar-refractivity contribution >= 4 is 22.8 Å². The number of fused-ring (bicyclic) bond motifs is 2. The summed E-state index contributed by atoms with van der Waals surface area (Å²) in [6, 6.07) is 15.5. The van der Waals surface area contributed by atoms with Crippen molar-refractivity contribution in [2.45, 2.75) is 32.9 Å². The van der Waals surface area contributed by atoms with Crippen LogP contribution in [0.4, 0.5) is 0 Å². The summed E-state index contributed by atoms with van der Waals surface area (Å²) in [6.45, 7) is 4.59. The van der Waals surface area contributed by atoms with E-state index in [4.69, 9.17) is 9.15 Å². The molecule has 0 spiro atoms. The number of carbonyl (C=O) groups excluding carboxylic acids is 2. The van der Waals surface area contributed by atoms with Crippen LogP contribution in [0.3, 0.4) is 0 Å². The first-order valence-electron chi connectivity index (χ1n) is 9.09. The van der Waals surface area contributed by atoms with Gasteiger partial charge in [-0.05, 0) is 37.5 Å². The fourth-order valence-corrected chi connectivity index (χ4v) is 3.57. The molecule has 0 bridgehead atoms. The third-order valence-corrected chi connectivity index (χ3v) is 5.10. The molecule has 0 saturated heterocycles. The molecule has 1 aromatic heterocycles. The van der Waals surface area contributed by atoms with Crippen LogP contribution in [0, 0.1) is 6.92 Å². The van der Waals surface area contributed by atoms with Crippen molar-refractivity contribution in [3.63, 3.8) is 0 Å². The average Bonchev–Trinajstić information content (AvgIpc) is 3.04. The van der Waals surface area contributed by atoms with Crippen LogP contribution in [-0.2, 0) is 22.5 Å². The first-order valence-corrected chi connectivity index (χ1v) is 9.09. The van der Waals surface area contributed by atoms with Crippen molar-refractivity contribution in [2.24, 2.45) is 0 Å². The summed E-state index contributed by atoms with van der Waals surface area (Å²) in [6.07, 6.45) is -0.0546. The average molecular weight is 363 g/mol. The first-order chi connectivity index (χ1) is 13.0. The minimum Gasteiger partial charge on any atom is -0.449 e. The van der Waals surface area contributed by atoms with Crippen LogP contribution in [0.5, 0.6) is 0 Å². The Morgan fingerprint density at radius 3 is 2.56 bits per heavy atom.